The molecule has 36 heavy (non-hydrogen) atoms. The molecule has 0 aliphatic carbocycles. The van der Waals surface area contributed by atoms with Crippen molar-refractivity contribution in [1.82, 2.24) is 10.2 Å². The largest absolute Gasteiger partial charge is 0.483 e. The van der Waals surface area contributed by atoms with Gasteiger partial charge < -0.3 is 15.0 Å². The lowest BCUT2D eigenvalue weighted by Crippen LogP contribution is -2.51. The van der Waals surface area contributed by atoms with Gasteiger partial charge in [-0.1, -0.05) is 80.1 Å². The fourth-order valence-electron chi connectivity index (χ4n) is 3.95. The highest BCUT2D eigenvalue weighted by Crippen LogP contribution is 2.29. The molecule has 0 fully saturated rings. The van der Waals surface area contributed by atoms with Gasteiger partial charge in [0.1, 0.15) is 11.8 Å². The lowest BCUT2D eigenvalue weighted by Gasteiger charge is -2.31. The van der Waals surface area contributed by atoms with Crippen LogP contribution >= 0.6 is 15.9 Å². The molecule has 1 atom stereocenters. The Bertz CT molecular complexity index is 1150. The van der Waals surface area contributed by atoms with E-state index in [9.17, 15) is 9.59 Å². The summed E-state index contributed by atoms with van der Waals surface area (Å²) < 4.78 is 6.74. The van der Waals surface area contributed by atoms with Crippen molar-refractivity contribution in [2.24, 2.45) is 0 Å². The first-order valence-electron chi connectivity index (χ1n) is 12.4. The summed E-state index contributed by atoms with van der Waals surface area (Å²) in [5, 5.41) is 2.91. The summed E-state index contributed by atoms with van der Waals surface area (Å²) in [7, 11) is 0. The third-order valence-corrected chi connectivity index (χ3v) is 6.69. The Hall–Kier alpha value is -3.12. The smallest absolute Gasteiger partial charge is 0.261 e. The number of rotatable bonds is 11. The van der Waals surface area contributed by atoms with Crippen molar-refractivity contribution in [2.75, 3.05) is 13.2 Å². The lowest BCUT2D eigenvalue weighted by molar-refractivity contribution is -0.142. The molecule has 0 heterocycles. The Morgan fingerprint density at radius 3 is 2.28 bits per heavy atom. The van der Waals surface area contributed by atoms with Crippen molar-refractivity contribution in [3.05, 3.63) is 99.5 Å². The fourth-order valence-corrected chi connectivity index (χ4v) is 4.46. The molecule has 0 bridgehead atoms. The number of nitrogens with one attached hydrogen (secondary N) is 1. The summed E-state index contributed by atoms with van der Waals surface area (Å²) in [6, 6.07) is 23.0. The normalized spacial score (nSPS) is 11.7. The van der Waals surface area contributed by atoms with Crippen LogP contribution in [0, 0.1) is 6.92 Å². The Balaban J connectivity index is 1.88. The Labute approximate surface area is 223 Å². The Morgan fingerprint density at radius 2 is 1.67 bits per heavy atom. The van der Waals surface area contributed by atoms with Gasteiger partial charge in [-0.25, -0.2) is 0 Å². The zero-order valence-electron chi connectivity index (χ0n) is 21.5. The molecule has 1 N–H and O–H groups in total. The molecule has 6 heteroatoms. The number of nitrogens with zero attached hydrogens (tertiary/aromatic N) is 1. The minimum atomic E-state index is -0.670. The highest BCUT2D eigenvalue weighted by atomic mass is 79.9. The number of amides is 2. The first-order valence-corrected chi connectivity index (χ1v) is 13.2. The monoisotopic (exact) mass is 550 g/mol. The number of benzene rings is 3. The van der Waals surface area contributed by atoms with Crippen LogP contribution in [0.4, 0.5) is 0 Å². The van der Waals surface area contributed by atoms with E-state index in [1.807, 2.05) is 86.6 Å². The summed E-state index contributed by atoms with van der Waals surface area (Å²) in [6.45, 7) is 8.79. The number of aryl methyl sites for hydroxylation is 1. The van der Waals surface area contributed by atoms with E-state index in [-0.39, 0.29) is 18.4 Å². The molecule has 3 aromatic carbocycles. The first-order chi connectivity index (χ1) is 17.3. The molecule has 0 aromatic heterocycles. The number of ether oxygens (including phenoxy) is 1. The molecule has 0 saturated heterocycles. The van der Waals surface area contributed by atoms with E-state index in [0.717, 1.165) is 21.2 Å². The topological polar surface area (TPSA) is 58.6 Å². The van der Waals surface area contributed by atoms with Crippen LogP contribution in [0.2, 0.25) is 0 Å². The van der Waals surface area contributed by atoms with Gasteiger partial charge in [-0.3, -0.25) is 9.59 Å². The van der Waals surface area contributed by atoms with Gasteiger partial charge in [-0.2, -0.15) is 0 Å². The number of carbonyl (C=O) groups excluding carboxylic acids is 2. The van der Waals surface area contributed by atoms with E-state index < -0.39 is 6.04 Å². The Morgan fingerprint density at radius 1 is 0.972 bits per heavy atom. The van der Waals surface area contributed by atoms with Crippen molar-refractivity contribution in [2.45, 2.75) is 52.6 Å². The summed E-state index contributed by atoms with van der Waals surface area (Å²) >= 11 is 3.57. The van der Waals surface area contributed by atoms with Gasteiger partial charge in [-0.05, 0) is 64.5 Å². The molecule has 0 saturated carbocycles. The predicted octanol–water partition coefficient (Wildman–Crippen LogP) is 6.04. The van der Waals surface area contributed by atoms with Gasteiger partial charge in [0.25, 0.3) is 5.91 Å². The van der Waals surface area contributed by atoms with E-state index in [1.54, 1.807) is 4.90 Å². The zero-order chi connectivity index (χ0) is 26.1. The van der Waals surface area contributed by atoms with Crippen molar-refractivity contribution < 1.29 is 14.3 Å². The lowest BCUT2D eigenvalue weighted by atomic mass is 10.0. The van der Waals surface area contributed by atoms with Gasteiger partial charge in [0.2, 0.25) is 5.91 Å². The van der Waals surface area contributed by atoms with Crippen LogP contribution in [-0.4, -0.2) is 35.9 Å². The quantitative estimate of drug-likeness (QED) is 0.316. The molecule has 0 unspecified atom stereocenters. The van der Waals surface area contributed by atoms with Crippen LogP contribution < -0.4 is 10.1 Å². The number of halogens is 1. The number of likely N-dealkylation sites (N-methyl/N-ethyl adjacent to an activating group) is 1. The van der Waals surface area contributed by atoms with E-state index in [4.69, 9.17) is 4.74 Å². The minimum Gasteiger partial charge on any atom is -0.483 e. The molecule has 0 aliphatic heterocycles. The molecule has 2 amide bonds. The van der Waals surface area contributed by atoms with Gasteiger partial charge >= 0.3 is 0 Å². The van der Waals surface area contributed by atoms with Crippen molar-refractivity contribution in [3.8, 4) is 5.75 Å². The molecule has 0 spiro atoms. The van der Waals surface area contributed by atoms with Gasteiger partial charge in [0.15, 0.2) is 6.61 Å². The molecule has 5 nitrogen and oxygen atoms in total. The maximum absolute atomic E-state index is 13.6. The summed E-state index contributed by atoms with van der Waals surface area (Å²) in [5.41, 5.74) is 4.27. The van der Waals surface area contributed by atoms with Crippen LogP contribution in [0.5, 0.6) is 5.75 Å². The summed E-state index contributed by atoms with van der Waals surface area (Å²) in [4.78, 5) is 28.5. The molecule has 3 rings (SSSR count). The predicted molar refractivity (Wildman–Crippen MR) is 148 cm³/mol. The van der Waals surface area contributed by atoms with Gasteiger partial charge in [0, 0.05) is 19.5 Å². The Kier molecular flexibility index (Phi) is 10.1. The zero-order valence-corrected chi connectivity index (χ0v) is 23.0. The van der Waals surface area contributed by atoms with E-state index >= 15 is 0 Å². The van der Waals surface area contributed by atoms with Crippen LogP contribution in [0.3, 0.4) is 0 Å². The van der Waals surface area contributed by atoms with Crippen LogP contribution in [0.1, 0.15) is 48.9 Å². The minimum absolute atomic E-state index is 0.170. The maximum atomic E-state index is 13.6. The second-order valence-electron chi connectivity index (χ2n) is 9.24. The molecule has 0 aliphatic rings. The van der Waals surface area contributed by atoms with Crippen molar-refractivity contribution >= 4 is 27.7 Å². The maximum Gasteiger partial charge on any atom is 0.261 e. The molecule has 190 valence electrons. The average molecular weight is 552 g/mol. The second kappa shape index (κ2) is 13.3. The summed E-state index contributed by atoms with van der Waals surface area (Å²) in [5.74, 6) is 0.560. The summed E-state index contributed by atoms with van der Waals surface area (Å²) in [6.07, 6.45) is 0.414. The van der Waals surface area contributed by atoms with Crippen LogP contribution in [0.25, 0.3) is 0 Å². The first kappa shape index (κ1) is 27.5. The second-order valence-corrected chi connectivity index (χ2v) is 10.1. The van der Waals surface area contributed by atoms with E-state index in [0.29, 0.717) is 31.2 Å². The van der Waals surface area contributed by atoms with E-state index in [2.05, 4.69) is 35.1 Å². The molecular weight excluding hydrogens is 516 g/mol. The highest BCUT2D eigenvalue weighted by Gasteiger charge is 2.30. The standard InChI is InChI=1S/C30H35BrN2O3/c1-5-32-30(35)27(17-23-9-7-6-8-10-23)33(19-24-13-11-22(4)12-14-24)29(34)20-36-28-16-15-25(21(2)3)18-26(28)31/h6-16,18,21,27H,5,17,19-20H2,1-4H3,(H,32,35)/t27-/m1/s1. The van der Waals surface area contributed by atoms with Crippen molar-refractivity contribution in [1.29, 1.82) is 0 Å². The molecule has 0 radical (unpaired) electrons. The van der Waals surface area contributed by atoms with Crippen LogP contribution in [0.15, 0.2) is 77.3 Å². The SMILES string of the molecule is CCNC(=O)[C@@H](Cc1ccccc1)N(Cc1ccc(C)cc1)C(=O)COc1ccc(C(C)C)cc1Br. The van der Waals surface area contributed by atoms with Gasteiger partial charge in [0.05, 0.1) is 4.47 Å². The molecule has 3 aromatic rings. The van der Waals surface area contributed by atoms with Crippen molar-refractivity contribution in [3.63, 3.8) is 0 Å². The van der Waals surface area contributed by atoms with Crippen LogP contribution in [-0.2, 0) is 22.6 Å². The number of carbonyl (C=O) groups is 2. The number of hydrogen-bond donors (Lipinski definition) is 1. The third kappa shape index (κ3) is 7.69. The number of hydrogen-bond acceptors (Lipinski definition) is 3. The third-order valence-electron chi connectivity index (χ3n) is 6.07. The molecular formula is C30H35BrN2O3. The van der Waals surface area contributed by atoms with Gasteiger partial charge in [-0.15, -0.1) is 0 Å². The highest BCUT2D eigenvalue weighted by molar-refractivity contribution is 9.10. The van der Waals surface area contributed by atoms with E-state index in [1.165, 1.54) is 5.56 Å². The average Bonchev–Trinajstić information content (AvgIpc) is 2.87. The fraction of sp³-hybridized carbons (Fsp3) is 0.333.